The van der Waals surface area contributed by atoms with Crippen molar-refractivity contribution in [2.45, 2.75) is 13.5 Å². The molecule has 0 aliphatic carbocycles. The van der Waals surface area contributed by atoms with Crippen molar-refractivity contribution < 1.29 is 9.90 Å². The van der Waals surface area contributed by atoms with Crippen LogP contribution in [-0.4, -0.2) is 23.0 Å². The summed E-state index contributed by atoms with van der Waals surface area (Å²) < 4.78 is 1.01. The molecule has 0 unspecified atom stereocenters. The van der Waals surface area contributed by atoms with Crippen LogP contribution in [0, 0.1) is 6.92 Å². The van der Waals surface area contributed by atoms with Crippen LogP contribution in [0.1, 0.15) is 21.5 Å². The Morgan fingerprint density at radius 1 is 1.20 bits per heavy atom. The van der Waals surface area contributed by atoms with Gasteiger partial charge in [0.2, 0.25) is 0 Å². The van der Waals surface area contributed by atoms with Gasteiger partial charge >= 0.3 is 0 Å². The number of rotatable bonds is 3. The molecule has 3 nitrogen and oxygen atoms in total. The van der Waals surface area contributed by atoms with E-state index in [0.717, 1.165) is 15.6 Å². The number of hydrogen-bond donors (Lipinski definition) is 1. The first-order chi connectivity index (χ1) is 9.47. The van der Waals surface area contributed by atoms with Gasteiger partial charge in [0.15, 0.2) is 0 Å². The van der Waals surface area contributed by atoms with Crippen molar-refractivity contribution in [2.24, 2.45) is 0 Å². The lowest BCUT2D eigenvalue weighted by Gasteiger charge is -2.17. The molecule has 0 spiro atoms. The fourth-order valence-corrected chi connectivity index (χ4v) is 2.16. The van der Waals surface area contributed by atoms with Gasteiger partial charge in [-0.25, -0.2) is 0 Å². The van der Waals surface area contributed by atoms with Crippen LogP contribution in [0.25, 0.3) is 0 Å². The molecule has 0 aliphatic heterocycles. The third kappa shape index (κ3) is 3.39. The van der Waals surface area contributed by atoms with E-state index in [1.54, 1.807) is 31.0 Å². The second-order valence-corrected chi connectivity index (χ2v) is 5.70. The van der Waals surface area contributed by atoms with Crippen LogP contribution < -0.4 is 0 Å². The lowest BCUT2D eigenvalue weighted by atomic mass is 10.1. The molecule has 0 saturated carbocycles. The van der Waals surface area contributed by atoms with Crippen molar-refractivity contribution in [1.29, 1.82) is 0 Å². The molecular formula is C16H16BrNO2. The van der Waals surface area contributed by atoms with E-state index >= 15 is 0 Å². The van der Waals surface area contributed by atoms with Crippen molar-refractivity contribution in [1.82, 2.24) is 4.90 Å². The second kappa shape index (κ2) is 6.09. The first-order valence-corrected chi connectivity index (χ1v) is 7.06. The van der Waals surface area contributed by atoms with E-state index in [-0.39, 0.29) is 11.7 Å². The van der Waals surface area contributed by atoms with Gasteiger partial charge in [0.25, 0.3) is 5.91 Å². The number of halogens is 1. The Morgan fingerprint density at radius 2 is 1.85 bits per heavy atom. The van der Waals surface area contributed by atoms with E-state index in [0.29, 0.717) is 12.1 Å². The van der Waals surface area contributed by atoms with Gasteiger partial charge in [-0.05, 0) is 42.3 Å². The van der Waals surface area contributed by atoms with Gasteiger partial charge in [-0.3, -0.25) is 4.79 Å². The number of benzene rings is 2. The first-order valence-electron chi connectivity index (χ1n) is 6.27. The van der Waals surface area contributed by atoms with Crippen LogP contribution in [0.15, 0.2) is 46.9 Å². The number of carbonyl (C=O) groups is 1. The minimum atomic E-state index is -0.108. The highest BCUT2D eigenvalue weighted by molar-refractivity contribution is 9.10. The average Bonchev–Trinajstić information content (AvgIpc) is 2.43. The standard InChI is InChI=1S/C16H16BrNO2/c1-11-3-6-13(9-15(11)19)16(20)18(2)10-12-4-7-14(17)8-5-12/h3-9,19H,10H2,1-2H3. The third-order valence-corrected chi connectivity index (χ3v) is 3.66. The van der Waals surface area contributed by atoms with E-state index < -0.39 is 0 Å². The highest BCUT2D eigenvalue weighted by Crippen LogP contribution is 2.19. The average molecular weight is 334 g/mol. The Kier molecular flexibility index (Phi) is 4.45. The zero-order valence-electron chi connectivity index (χ0n) is 11.4. The van der Waals surface area contributed by atoms with E-state index in [4.69, 9.17) is 0 Å². The molecule has 0 bridgehead atoms. The Labute approximate surface area is 127 Å². The zero-order valence-corrected chi connectivity index (χ0v) is 13.0. The predicted molar refractivity (Wildman–Crippen MR) is 82.8 cm³/mol. The molecule has 1 N–H and O–H groups in total. The fourth-order valence-electron chi connectivity index (χ4n) is 1.90. The number of amides is 1. The van der Waals surface area contributed by atoms with Crippen LogP contribution in [0.2, 0.25) is 0 Å². The smallest absolute Gasteiger partial charge is 0.254 e. The van der Waals surface area contributed by atoms with Crippen LogP contribution >= 0.6 is 15.9 Å². The molecule has 2 rings (SSSR count). The normalized spacial score (nSPS) is 10.3. The molecule has 0 aromatic heterocycles. The summed E-state index contributed by atoms with van der Waals surface area (Å²) in [6.45, 7) is 2.33. The number of hydrogen-bond acceptors (Lipinski definition) is 2. The minimum absolute atomic E-state index is 0.108. The number of phenolic OH excluding ortho intramolecular Hbond substituents is 1. The van der Waals surface area contributed by atoms with E-state index in [2.05, 4.69) is 15.9 Å². The lowest BCUT2D eigenvalue weighted by Crippen LogP contribution is -2.26. The quantitative estimate of drug-likeness (QED) is 0.929. The molecule has 0 radical (unpaired) electrons. The lowest BCUT2D eigenvalue weighted by molar-refractivity contribution is 0.0784. The van der Waals surface area contributed by atoms with Gasteiger partial charge in [0.05, 0.1) is 0 Å². The minimum Gasteiger partial charge on any atom is -0.508 e. The van der Waals surface area contributed by atoms with Crippen LogP contribution in [0.4, 0.5) is 0 Å². The SMILES string of the molecule is Cc1ccc(C(=O)N(C)Cc2ccc(Br)cc2)cc1O. The van der Waals surface area contributed by atoms with Crippen LogP contribution in [-0.2, 0) is 6.54 Å². The Morgan fingerprint density at radius 3 is 2.45 bits per heavy atom. The van der Waals surface area contributed by atoms with Crippen LogP contribution in [0.3, 0.4) is 0 Å². The maximum absolute atomic E-state index is 12.3. The van der Waals surface area contributed by atoms with Gasteiger partial charge in [-0.15, -0.1) is 0 Å². The van der Waals surface area contributed by atoms with E-state index in [1.165, 1.54) is 6.07 Å². The molecule has 104 valence electrons. The number of phenols is 1. The molecule has 0 saturated heterocycles. The molecule has 0 fully saturated rings. The Bertz CT molecular complexity index is 623. The molecule has 2 aromatic rings. The summed E-state index contributed by atoms with van der Waals surface area (Å²) >= 11 is 3.38. The Balaban J connectivity index is 2.11. The summed E-state index contributed by atoms with van der Waals surface area (Å²) in [5.74, 6) is 0.0381. The summed E-state index contributed by atoms with van der Waals surface area (Å²) in [6.07, 6.45) is 0. The summed E-state index contributed by atoms with van der Waals surface area (Å²) in [5, 5.41) is 9.68. The van der Waals surface area contributed by atoms with Gasteiger partial charge in [0.1, 0.15) is 5.75 Å². The molecule has 0 heterocycles. The molecule has 0 aliphatic rings. The molecule has 2 aromatic carbocycles. The summed E-state index contributed by atoms with van der Waals surface area (Å²) in [5.41, 5.74) is 2.31. The monoisotopic (exact) mass is 333 g/mol. The van der Waals surface area contributed by atoms with Gasteiger partial charge in [-0.1, -0.05) is 34.1 Å². The van der Waals surface area contributed by atoms with Crippen LogP contribution in [0.5, 0.6) is 5.75 Å². The highest BCUT2D eigenvalue weighted by Gasteiger charge is 2.13. The van der Waals surface area contributed by atoms with Crippen molar-refractivity contribution in [3.05, 3.63) is 63.6 Å². The topological polar surface area (TPSA) is 40.5 Å². The molecular weight excluding hydrogens is 318 g/mol. The molecule has 4 heteroatoms. The molecule has 20 heavy (non-hydrogen) atoms. The number of aryl methyl sites for hydroxylation is 1. The molecule has 0 atom stereocenters. The van der Waals surface area contributed by atoms with E-state index in [9.17, 15) is 9.90 Å². The largest absolute Gasteiger partial charge is 0.508 e. The fraction of sp³-hybridized carbons (Fsp3) is 0.188. The summed E-state index contributed by atoms with van der Waals surface area (Å²) in [7, 11) is 1.75. The van der Waals surface area contributed by atoms with Gasteiger partial charge < -0.3 is 10.0 Å². The van der Waals surface area contributed by atoms with Crippen molar-refractivity contribution in [3.63, 3.8) is 0 Å². The Hall–Kier alpha value is -1.81. The van der Waals surface area contributed by atoms with Gasteiger partial charge in [-0.2, -0.15) is 0 Å². The third-order valence-electron chi connectivity index (χ3n) is 3.14. The van der Waals surface area contributed by atoms with Crippen molar-refractivity contribution in [3.8, 4) is 5.75 Å². The predicted octanol–water partition coefficient (Wildman–Crippen LogP) is 3.74. The maximum atomic E-state index is 12.3. The second-order valence-electron chi connectivity index (χ2n) is 4.79. The number of aromatic hydroxyl groups is 1. The van der Waals surface area contributed by atoms with Crippen molar-refractivity contribution in [2.75, 3.05) is 7.05 Å². The zero-order chi connectivity index (χ0) is 14.7. The number of nitrogens with zero attached hydrogens (tertiary/aromatic N) is 1. The molecule has 1 amide bonds. The maximum Gasteiger partial charge on any atom is 0.254 e. The first kappa shape index (κ1) is 14.6. The van der Waals surface area contributed by atoms with E-state index in [1.807, 2.05) is 24.3 Å². The summed E-state index contributed by atoms with van der Waals surface area (Å²) in [4.78, 5) is 13.9. The van der Waals surface area contributed by atoms with Gasteiger partial charge in [0, 0.05) is 23.6 Å². The number of carbonyl (C=O) groups excluding carboxylic acids is 1. The highest BCUT2D eigenvalue weighted by atomic mass is 79.9. The summed E-state index contributed by atoms with van der Waals surface area (Å²) in [6, 6.07) is 12.8. The van der Waals surface area contributed by atoms with Crippen molar-refractivity contribution >= 4 is 21.8 Å².